The van der Waals surface area contributed by atoms with Crippen LogP contribution in [0.2, 0.25) is 10.0 Å². The Hall–Kier alpha value is -2.54. The van der Waals surface area contributed by atoms with Crippen molar-refractivity contribution in [1.82, 2.24) is 0 Å². The van der Waals surface area contributed by atoms with Crippen molar-refractivity contribution in [2.45, 2.75) is 24.7 Å². The first-order valence-electron chi connectivity index (χ1n) is 9.74. The van der Waals surface area contributed by atoms with E-state index in [4.69, 9.17) is 23.2 Å². The fraction of sp³-hybridized carbons (Fsp3) is 0.174. The van der Waals surface area contributed by atoms with Gasteiger partial charge in [0, 0.05) is 27.8 Å². The predicted octanol–water partition coefficient (Wildman–Crippen LogP) is 5.70. The number of nitrogens with one attached hydrogen (secondary N) is 1. The van der Waals surface area contributed by atoms with Crippen LogP contribution in [-0.4, -0.2) is 20.9 Å². The third kappa shape index (κ3) is 4.42. The summed E-state index contributed by atoms with van der Waals surface area (Å²) in [6.45, 7) is 2.32. The maximum Gasteiger partial charge on any atom is 0.261 e. The van der Waals surface area contributed by atoms with E-state index < -0.39 is 10.0 Å². The van der Waals surface area contributed by atoms with Crippen LogP contribution in [0, 0.1) is 6.92 Å². The van der Waals surface area contributed by atoms with Crippen molar-refractivity contribution in [1.29, 1.82) is 0 Å². The van der Waals surface area contributed by atoms with Crippen molar-refractivity contribution in [3.8, 4) is 0 Å². The molecule has 0 saturated heterocycles. The van der Waals surface area contributed by atoms with E-state index in [1.54, 1.807) is 66.4 Å². The molecule has 31 heavy (non-hydrogen) atoms. The van der Waals surface area contributed by atoms with Gasteiger partial charge >= 0.3 is 0 Å². The number of aryl methyl sites for hydroxylation is 1. The third-order valence-corrected chi connectivity index (χ3v) is 7.32. The largest absolute Gasteiger partial charge is 0.308 e. The number of carbonyl (C=O) groups is 1. The van der Waals surface area contributed by atoms with E-state index in [1.165, 1.54) is 6.07 Å². The van der Waals surface area contributed by atoms with Gasteiger partial charge in [-0.2, -0.15) is 0 Å². The summed E-state index contributed by atoms with van der Waals surface area (Å²) in [6, 6.07) is 16.7. The standard InChI is InChI=1S/C23H20Cl2N2O3S/c1-15-20(25)8-3-9-21(15)26-31(29,30)19-10-11-22-16(14-19)6-4-12-27(22)23(28)17-5-2-7-18(24)13-17/h2-3,5,7-11,13-14,26H,4,6,12H2,1H3. The van der Waals surface area contributed by atoms with Gasteiger partial charge < -0.3 is 4.90 Å². The summed E-state index contributed by atoms with van der Waals surface area (Å²) < 4.78 is 28.6. The van der Waals surface area contributed by atoms with E-state index in [-0.39, 0.29) is 10.8 Å². The van der Waals surface area contributed by atoms with Gasteiger partial charge in [0.1, 0.15) is 0 Å². The van der Waals surface area contributed by atoms with Gasteiger partial charge in [0.25, 0.3) is 15.9 Å². The number of halogens is 2. The minimum atomic E-state index is -3.81. The molecule has 0 fully saturated rings. The van der Waals surface area contributed by atoms with E-state index in [0.29, 0.717) is 45.5 Å². The highest BCUT2D eigenvalue weighted by atomic mass is 35.5. The Labute approximate surface area is 191 Å². The number of nitrogens with zero attached hydrogens (tertiary/aromatic N) is 1. The molecule has 1 amide bonds. The van der Waals surface area contributed by atoms with E-state index >= 15 is 0 Å². The maximum absolute atomic E-state index is 13.0. The number of anilines is 2. The van der Waals surface area contributed by atoms with E-state index in [1.807, 2.05) is 0 Å². The third-order valence-electron chi connectivity index (χ3n) is 5.31. The molecule has 4 rings (SSSR count). The highest BCUT2D eigenvalue weighted by molar-refractivity contribution is 7.92. The molecule has 1 N–H and O–H groups in total. The summed E-state index contributed by atoms with van der Waals surface area (Å²) in [5.74, 6) is -0.160. The molecule has 0 aromatic heterocycles. The van der Waals surface area contributed by atoms with Crippen LogP contribution >= 0.6 is 23.2 Å². The van der Waals surface area contributed by atoms with Crippen LogP contribution in [-0.2, 0) is 16.4 Å². The molecule has 1 aliphatic heterocycles. The monoisotopic (exact) mass is 474 g/mol. The van der Waals surface area contributed by atoms with Gasteiger partial charge in [0.2, 0.25) is 0 Å². The molecule has 0 spiro atoms. The van der Waals surface area contributed by atoms with Gasteiger partial charge in [-0.15, -0.1) is 0 Å². The topological polar surface area (TPSA) is 66.5 Å². The molecule has 160 valence electrons. The van der Waals surface area contributed by atoms with Crippen molar-refractivity contribution in [3.63, 3.8) is 0 Å². The number of carbonyl (C=O) groups excluding carboxylic acids is 1. The Bertz CT molecular complexity index is 1280. The molecule has 1 heterocycles. The quantitative estimate of drug-likeness (QED) is 0.527. The van der Waals surface area contributed by atoms with Crippen LogP contribution in [0.25, 0.3) is 0 Å². The van der Waals surface area contributed by atoms with E-state index in [0.717, 1.165) is 12.0 Å². The SMILES string of the molecule is Cc1c(Cl)cccc1NS(=O)(=O)c1ccc2c(c1)CCCN2C(=O)c1cccc(Cl)c1. The molecule has 0 atom stereocenters. The fourth-order valence-electron chi connectivity index (χ4n) is 3.65. The fourth-order valence-corrected chi connectivity index (χ4v) is 5.19. The molecule has 5 nitrogen and oxygen atoms in total. The molecule has 0 unspecified atom stereocenters. The molecular formula is C23H20Cl2N2O3S. The number of fused-ring (bicyclic) bond motifs is 1. The average molecular weight is 475 g/mol. The molecule has 3 aromatic rings. The zero-order valence-corrected chi connectivity index (χ0v) is 19.1. The Morgan fingerprint density at radius 1 is 1.03 bits per heavy atom. The van der Waals surface area contributed by atoms with Gasteiger partial charge in [-0.1, -0.05) is 35.3 Å². The zero-order chi connectivity index (χ0) is 22.2. The van der Waals surface area contributed by atoms with Crippen molar-refractivity contribution in [3.05, 3.63) is 87.4 Å². The number of amides is 1. The highest BCUT2D eigenvalue weighted by Gasteiger charge is 2.26. The Morgan fingerprint density at radius 3 is 2.58 bits per heavy atom. The predicted molar refractivity (Wildman–Crippen MR) is 125 cm³/mol. The van der Waals surface area contributed by atoms with Crippen LogP contribution in [0.1, 0.15) is 27.9 Å². The minimum absolute atomic E-state index is 0.141. The second kappa shape index (κ2) is 8.54. The molecule has 0 radical (unpaired) electrons. The molecule has 0 aliphatic carbocycles. The van der Waals surface area contributed by atoms with Gasteiger partial charge in [-0.25, -0.2) is 8.42 Å². The lowest BCUT2D eigenvalue weighted by Gasteiger charge is -2.30. The summed E-state index contributed by atoms with van der Waals surface area (Å²) in [4.78, 5) is 14.8. The molecule has 8 heteroatoms. The summed E-state index contributed by atoms with van der Waals surface area (Å²) in [5, 5.41) is 0.979. The van der Waals surface area contributed by atoms with E-state index in [2.05, 4.69) is 4.72 Å². The number of sulfonamides is 1. The normalized spacial score (nSPS) is 13.6. The Morgan fingerprint density at radius 2 is 1.81 bits per heavy atom. The van der Waals surface area contributed by atoms with E-state index in [9.17, 15) is 13.2 Å². The van der Waals surface area contributed by atoms with Gasteiger partial charge in [0.15, 0.2) is 0 Å². The summed E-state index contributed by atoms with van der Waals surface area (Å²) in [7, 11) is -3.81. The highest BCUT2D eigenvalue weighted by Crippen LogP contribution is 2.32. The lowest BCUT2D eigenvalue weighted by molar-refractivity contribution is 0.0985. The second-order valence-corrected chi connectivity index (χ2v) is 9.91. The first-order chi connectivity index (χ1) is 14.8. The van der Waals surface area contributed by atoms with Crippen LogP contribution in [0.15, 0.2) is 65.6 Å². The van der Waals surface area contributed by atoms with Crippen molar-refractivity contribution in [2.75, 3.05) is 16.2 Å². The van der Waals surface area contributed by atoms with Gasteiger partial charge in [-0.3, -0.25) is 9.52 Å². The van der Waals surface area contributed by atoms with Crippen LogP contribution in [0.3, 0.4) is 0 Å². The molecule has 0 bridgehead atoms. The van der Waals surface area contributed by atoms with Crippen molar-refractivity contribution < 1.29 is 13.2 Å². The van der Waals surface area contributed by atoms with Crippen LogP contribution in [0.4, 0.5) is 11.4 Å². The lowest BCUT2D eigenvalue weighted by atomic mass is 10.0. The lowest BCUT2D eigenvalue weighted by Crippen LogP contribution is -2.35. The smallest absolute Gasteiger partial charge is 0.261 e. The first-order valence-corrected chi connectivity index (χ1v) is 12.0. The van der Waals surface area contributed by atoms with Gasteiger partial charge in [0.05, 0.1) is 10.6 Å². The minimum Gasteiger partial charge on any atom is -0.308 e. The molecular weight excluding hydrogens is 455 g/mol. The maximum atomic E-state index is 13.0. The van der Waals surface area contributed by atoms with Crippen LogP contribution in [0.5, 0.6) is 0 Å². The number of hydrogen-bond acceptors (Lipinski definition) is 3. The Kier molecular flexibility index (Phi) is 5.97. The molecule has 0 saturated carbocycles. The number of rotatable bonds is 4. The Balaban J connectivity index is 1.65. The van der Waals surface area contributed by atoms with Crippen LogP contribution < -0.4 is 9.62 Å². The van der Waals surface area contributed by atoms with Gasteiger partial charge in [-0.05, 0) is 79.4 Å². The summed E-state index contributed by atoms with van der Waals surface area (Å²) >= 11 is 12.1. The zero-order valence-electron chi connectivity index (χ0n) is 16.7. The van der Waals surface area contributed by atoms with Crippen molar-refractivity contribution >= 4 is 50.5 Å². The summed E-state index contributed by atoms with van der Waals surface area (Å²) in [5.41, 5.74) is 3.11. The second-order valence-electron chi connectivity index (χ2n) is 7.38. The number of benzene rings is 3. The number of hydrogen-bond donors (Lipinski definition) is 1. The first kappa shape index (κ1) is 21.7. The van der Waals surface area contributed by atoms with Crippen molar-refractivity contribution in [2.24, 2.45) is 0 Å². The molecule has 1 aliphatic rings. The molecule has 3 aromatic carbocycles. The summed E-state index contributed by atoms with van der Waals surface area (Å²) in [6.07, 6.45) is 1.43. The average Bonchev–Trinajstić information content (AvgIpc) is 2.75.